The molecule has 0 bridgehead atoms. The minimum Gasteiger partial charge on any atom is -0.383 e. The van der Waals surface area contributed by atoms with Gasteiger partial charge in [0, 0.05) is 40.5 Å². The van der Waals surface area contributed by atoms with Crippen molar-refractivity contribution >= 4 is 17.0 Å². The number of anilines is 1. The number of rotatable bonds is 6. The third-order valence-electron chi connectivity index (χ3n) is 5.94. The fourth-order valence-electron chi connectivity index (χ4n) is 3.89. The van der Waals surface area contributed by atoms with Crippen LogP contribution in [0.4, 0.5) is 5.82 Å². The molecular formula is C27H40N6. The van der Waals surface area contributed by atoms with Gasteiger partial charge in [0.05, 0.1) is 11.9 Å². The fourth-order valence-corrected chi connectivity index (χ4v) is 3.89. The SMILES string of the molecule is C=C(C)c1c(C)nc2c(-c3ccc(C(CC)CC)nc3)cnn2c1N.C=C1CC1NC.CC. The topological polar surface area (TPSA) is 81.1 Å². The van der Waals surface area contributed by atoms with E-state index in [1.54, 1.807) is 10.7 Å². The third kappa shape index (κ3) is 5.88. The summed E-state index contributed by atoms with van der Waals surface area (Å²) < 4.78 is 1.68. The minimum absolute atomic E-state index is 0.507. The molecule has 0 amide bonds. The van der Waals surface area contributed by atoms with Crippen molar-refractivity contribution in [2.45, 2.75) is 72.8 Å². The Balaban J connectivity index is 0.000000411. The maximum Gasteiger partial charge on any atom is 0.165 e. The quantitative estimate of drug-likeness (QED) is 0.440. The number of aromatic nitrogens is 4. The summed E-state index contributed by atoms with van der Waals surface area (Å²) in [5, 5.41) is 7.52. The maximum absolute atomic E-state index is 6.30. The predicted octanol–water partition coefficient (Wildman–Crippen LogP) is 6.18. The highest BCUT2D eigenvalue weighted by Crippen LogP contribution is 2.30. The number of pyridine rings is 1. The molecule has 4 rings (SSSR count). The van der Waals surface area contributed by atoms with Crippen molar-refractivity contribution in [3.8, 4) is 11.1 Å². The first-order chi connectivity index (χ1) is 15.8. The van der Waals surface area contributed by atoms with Crippen LogP contribution in [0.5, 0.6) is 0 Å². The van der Waals surface area contributed by atoms with E-state index in [0.717, 1.165) is 52.1 Å². The second-order valence-corrected chi connectivity index (χ2v) is 8.22. The van der Waals surface area contributed by atoms with Crippen molar-refractivity contribution in [3.05, 3.63) is 60.2 Å². The summed E-state index contributed by atoms with van der Waals surface area (Å²) in [4.78, 5) is 9.38. The van der Waals surface area contributed by atoms with Crippen LogP contribution in [0.1, 0.15) is 76.8 Å². The molecule has 1 saturated carbocycles. The summed E-state index contributed by atoms with van der Waals surface area (Å²) in [5.74, 6) is 1.08. The molecule has 178 valence electrons. The van der Waals surface area contributed by atoms with Crippen LogP contribution in [0, 0.1) is 6.92 Å². The Kier molecular flexibility index (Phi) is 9.35. The van der Waals surface area contributed by atoms with Crippen molar-refractivity contribution in [1.29, 1.82) is 0 Å². The van der Waals surface area contributed by atoms with E-state index >= 15 is 0 Å². The number of nitrogens with one attached hydrogen (secondary N) is 1. The van der Waals surface area contributed by atoms with E-state index in [0.29, 0.717) is 17.8 Å². The number of hydrogen-bond acceptors (Lipinski definition) is 5. The van der Waals surface area contributed by atoms with E-state index in [1.807, 2.05) is 40.9 Å². The molecule has 0 aromatic carbocycles. The molecule has 33 heavy (non-hydrogen) atoms. The van der Waals surface area contributed by atoms with E-state index < -0.39 is 0 Å². The second kappa shape index (κ2) is 11.8. The summed E-state index contributed by atoms with van der Waals surface area (Å²) in [5.41, 5.74) is 14.1. The molecule has 0 aliphatic heterocycles. The third-order valence-corrected chi connectivity index (χ3v) is 5.94. The minimum atomic E-state index is 0.507. The van der Waals surface area contributed by atoms with Crippen LogP contribution < -0.4 is 11.1 Å². The van der Waals surface area contributed by atoms with Crippen molar-refractivity contribution in [1.82, 2.24) is 24.9 Å². The summed E-state index contributed by atoms with van der Waals surface area (Å²) >= 11 is 0. The Morgan fingerprint density at radius 3 is 2.30 bits per heavy atom. The van der Waals surface area contributed by atoms with E-state index in [-0.39, 0.29) is 0 Å². The molecule has 3 N–H and O–H groups in total. The molecule has 1 atom stereocenters. The van der Waals surface area contributed by atoms with Gasteiger partial charge in [0.2, 0.25) is 0 Å². The predicted molar refractivity (Wildman–Crippen MR) is 141 cm³/mol. The molecule has 0 spiro atoms. The van der Waals surface area contributed by atoms with Gasteiger partial charge in [-0.3, -0.25) is 4.98 Å². The van der Waals surface area contributed by atoms with Gasteiger partial charge in [0.1, 0.15) is 5.82 Å². The van der Waals surface area contributed by atoms with Crippen LogP contribution in [0.3, 0.4) is 0 Å². The van der Waals surface area contributed by atoms with Crippen molar-refractivity contribution in [3.63, 3.8) is 0 Å². The second-order valence-electron chi connectivity index (χ2n) is 8.22. The highest BCUT2D eigenvalue weighted by atomic mass is 15.3. The lowest BCUT2D eigenvalue weighted by Crippen LogP contribution is -2.07. The number of nitrogens with zero attached hydrogens (tertiary/aromatic N) is 4. The maximum atomic E-state index is 6.30. The number of hydrogen-bond donors (Lipinski definition) is 2. The Morgan fingerprint density at radius 2 is 1.88 bits per heavy atom. The van der Waals surface area contributed by atoms with Gasteiger partial charge in [0.25, 0.3) is 0 Å². The summed E-state index contributed by atoms with van der Waals surface area (Å²) in [6.07, 6.45) is 7.09. The van der Waals surface area contributed by atoms with Gasteiger partial charge in [0.15, 0.2) is 5.65 Å². The van der Waals surface area contributed by atoms with Gasteiger partial charge >= 0.3 is 0 Å². The van der Waals surface area contributed by atoms with Crippen molar-refractivity contribution in [2.24, 2.45) is 0 Å². The smallest absolute Gasteiger partial charge is 0.165 e. The monoisotopic (exact) mass is 448 g/mol. The number of likely N-dealkylation sites (N-methyl/N-ethyl adjacent to an activating group) is 1. The van der Waals surface area contributed by atoms with E-state index in [9.17, 15) is 0 Å². The zero-order chi connectivity index (χ0) is 24.7. The van der Waals surface area contributed by atoms with Gasteiger partial charge < -0.3 is 11.1 Å². The number of fused-ring (bicyclic) bond motifs is 1. The molecule has 3 aromatic heterocycles. The van der Waals surface area contributed by atoms with E-state index in [2.05, 4.69) is 54.5 Å². The Bertz CT molecular complexity index is 1090. The molecule has 0 saturated heterocycles. The zero-order valence-corrected chi connectivity index (χ0v) is 21.4. The normalized spacial score (nSPS) is 14.4. The number of allylic oxidation sites excluding steroid dienone is 1. The first kappa shape index (κ1) is 26.3. The van der Waals surface area contributed by atoms with Crippen LogP contribution in [0.2, 0.25) is 0 Å². The standard InChI is InChI=1S/C20H25N5.C5H9N.C2H6/c1-6-14(7-2)17-9-8-15(10-22-17)16-11-23-25-19(21)18(12(3)4)13(5)24-20(16)25;1-4-3-5(4)6-2;1-2/h8-11,14H,3,6-7,21H2,1-2,4-5H3;5-6H,1,3H2,2H3;1-2H3. The highest BCUT2D eigenvalue weighted by Gasteiger charge is 2.24. The van der Waals surface area contributed by atoms with Crippen LogP contribution in [-0.2, 0) is 0 Å². The molecule has 6 nitrogen and oxygen atoms in total. The van der Waals surface area contributed by atoms with Crippen molar-refractivity contribution < 1.29 is 0 Å². The van der Waals surface area contributed by atoms with Crippen LogP contribution >= 0.6 is 0 Å². The van der Waals surface area contributed by atoms with E-state index in [4.69, 9.17) is 10.7 Å². The number of aryl methyl sites for hydroxylation is 1. The van der Waals surface area contributed by atoms with Crippen LogP contribution in [0.25, 0.3) is 22.3 Å². The molecular weight excluding hydrogens is 408 g/mol. The van der Waals surface area contributed by atoms with Gasteiger partial charge in [-0.25, -0.2) is 4.98 Å². The van der Waals surface area contributed by atoms with Crippen molar-refractivity contribution in [2.75, 3.05) is 12.8 Å². The molecule has 1 aliphatic carbocycles. The van der Waals surface area contributed by atoms with Gasteiger partial charge in [-0.05, 0) is 51.8 Å². The largest absolute Gasteiger partial charge is 0.383 e. The van der Waals surface area contributed by atoms with Gasteiger partial charge in [-0.15, -0.1) is 0 Å². The highest BCUT2D eigenvalue weighted by molar-refractivity contribution is 5.81. The zero-order valence-electron chi connectivity index (χ0n) is 21.4. The fraction of sp³-hybridized carbons (Fsp3) is 0.444. The molecule has 6 heteroatoms. The molecule has 3 aromatic rings. The summed E-state index contributed by atoms with van der Waals surface area (Å²) in [7, 11) is 1.96. The molecule has 1 fully saturated rings. The Labute approximate surface area is 199 Å². The first-order valence-electron chi connectivity index (χ1n) is 11.9. The van der Waals surface area contributed by atoms with Gasteiger partial charge in [-0.2, -0.15) is 9.61 Å². The van der Waals surface area contributed by atoms with Crippen LogP contribution in [-0.4, -0.2) is 32.7 Å². The lowest BCUT2D eigenvalue weighted by molar-refractivity contribution is 0.623. The lowest BCUT2D eigenvalue weighted by Gasteiger charge is -2.12. The Hall–Kier alpha value is -2.99. The average molecular weight is 449 g/mol. The van der Waals surface area contributed by atoms with E-state index in [1.165, 1.54) is 12.0 Å². The van der Waals surface area contributed by atoms with Crippen LogP contribution in [0.15, 0.2) is 43.3 Å². The Morgan fingerprint density at radius 1 is 1.24 bits per heavy atom. The molecule has 3 heterocycles. The first-order valence-corrected chi connectivity index (χ1v) is 11.9. The number of nitrogen functional groups attached to an aromatic ring is 1. The van der Waals surface area contributed by atoms with Gasteiger partial charge in [-0.1, -0.05) is 52.5 Å². The molecule has 1 aliphatic rings. The summed E-state index contributed by atoms with van der Waals surface area (Å²) in [6.45, 7) is 20.0. The lowest BCUT2D eigenvalue weighted by atomic mass is 9.98. The molecule has 0 radical (unpaired) electrons. The number of nitrogens with two attached hydrogens (primary N) is 1. The summed E-state index contributed by atoms with van der Waals surface area (Å²) in [6, 6.07) is 4.86. The molecule has 1 unspecified atom stereocenters. The average Bonchev–Trinajstić information content (AvgIpc) is 3.38.